The molecule has 0 aromatic carbocycles. The Kier molecular flexibility index (Phi) is 2.23. The normalized spacial score (nSPS) is 54.9. The first-order valence-corrected chi connectivity index (χ1v) is 7.78. The van der Waals surface area contributed by atoms with E-state index in [1.54, 1.807) is 19.3 Å². The lowest BCUT2D eigenvalue weighted by Crippen LogP contribution is -2.46. The van der Waals surface area contributed by atoms with Gasteiger partial charge in [0.05, 0.1) is 12.7 Å². The highest BCUT2D eigenvalue weighted by Gasteiger charge is 2.61. The average Bonchev–Trinajstić information content (AvgIpc) is 2.44. The lowest BCUT2D eigenvalue weighted by atomic mass is 9.51. The molecule has 0 saturated heterocycles. The zero-order valence-electron chi connectivity index (χ0n) is 11.3. The topological polar surface area (TPSA) is 9.23 Å². The van der Waals surface area contributed by atoms with E-state index in [1.807, 2.05) is 0 Å². The first-order valence-electron chi connectivity index (χ1n) is 7.78. The minimum Gasteiger partial charge on any atom is -0.378 e. The van der Waals surface area contributed by atoms with E-state index in [0.717, 1.165) is 36.2 Å². The van der Waals surface area contributed by atoms with E-state index in [2.05, 4.69) is 13.8 Å². The highest BCUT2D eigenvalue weighted by Crippen LogP contribution is 2.69. The van der Waals surface area contributed by atoms with Gasteiger partial charge in [0, 0.05) is 0 Å². The Labute approximate surface area is 105 Å². The minimum absolute atomic E-state index is 0.416. The maximum absolute atomic E-state index is 6.03. The molecule has 0 N–H and O–H groups in total. The van der Waals surface area contributed by atoms with E-state index in [0.29, 0.717) is 11.5 Å². The minimum atomic E-state index is 0.416. The van der Waals surface area contributed by atoms with Crippen LogP contribution >= 0.6 is 0 Å². The summed E-state index contributed by atoms with van der Waals surface area (Å²) in [5.41, 5.74) is 0.605. The van der Waals surface area contributed by atoms with Crippen LogP contribution in [0.4, 0.5) is 0 Å². The van der Waals surface area contributed by atoms with Gasteiger partial charge >= 0.3 is 0 Å². The molecule has 17 heavy (non-hydrogen) atoms. The Morgan fingerprint density at radius 2 is 1.82 bits per heavy atom. The SMILES string of the molecule is CC(C)OCC12CC3CC4C3CCC(C1)C4C2. The molecule has 6 atom stereocenters. The van der Waals surface area contributed by atoms with Crippen molar-refractivity contribution in [2.24, 2.45) is 35.0 Å². The molecule has 5 aliphatic carbocycles. The summed E-state index contributed by atoms with van der Waals surface area (Å²) in [5.74, 6) is 5.54. The average molecular weight is 234 g/mol. The quantitative estimate of drug-likeness (QED) is 0.720. The molecule has 0 aromatic rings. The van der Waals surface area contributed by atoms with Crippen LogP contribution in [-0.2, 0) is 4.74 Å². The van der Waals surface area contributed by atoms with E-state index in [9.17, 15) is 0 Å². The lowest BCUT2D eigenvalue weighted by molar-refractivity contribution is -0.0610. The van der Waals surface area contributed by atoms with Crippen LogP contribution < -0.4 is 0 Å². The van der Waals surface area contributed by atoms with E-state index in [1.165, 1.54) is 19.3 Å². The van der Waals surface area contributed by atoms with Gasteiger partial charge in [-0.15, -0.1) is 0 Å². The molecule has 5 bridgehead atoms. The van der Waals surface area contributed by atoms with Gasteiger partial charge < -0.3 is 4.74 Å². The summed E-state index contributed by atoms with van der Waals surface area (Å²) < 4.78 is 6.03. The molecule has 0 heterocycles. The molecule has 96 valence electrons. The largest absolute Gasteiger partial charge is 0.378 e. The van der Waals surface area contributed by atoms with Gasteiger partial charge in [0.15, 0.2) is 0 Å². The molecule has 1 heteroatoms. The van der Waals surface area contributed by atoms with Crippen molar-refractivity contribution in [3.63, 3.8) is 0 Å². The summed E-state index contributed by atoms with van der Waals surface area (Å²) in [4.78, 5) is 0. The van der Waals surface area contributed by atoms with Gasteiger partial charge in [0.2, 0.25) is 0 Å². The van der Waals surface area contributed by atoms with Gasteiger partial charge in [-0.3, -0.25) is 0 Å². The van der Waals surface area contributed by atoms with E-state index >= 15 is 0 Å². The number of ether oxygens (including phenoxy) is 1. The molecule has 0 radical (unpaired) electrons. The Morgan fingerprint density at radius 3 is 2.65 bits per heavy atom. The molecule has 0 aliphatic heterocycles. The van der Waals surface area contributed by atoms with Crippen LogP contribution in [0.2, 0.25) is 0 Å². The van der Waals surface area contributed by atoms with Gasteiger partial charge in [-0.25, -0.2) is 0 Å². The molecular weight excluding hydrogens is 208 g/mol. The van der Waals surface area contributed by atoms with Crippen LogP contribution in [0, 0.1) is 35.0 Å². The van der Waals surface area contributed by atoms with E-state index in [4.69, 9.17) is 4.74 Å². The maximum Gasteiger partial charge on any atom is 0.0526 e. The Hall–Kier alpha value is -0.0400. The van der Waals surface area contributed by atoms with Crippen molar-refractivity contribution in [1.82, 2.24) is 0 Å². The molecular formula is C16H26O. The van der Waals surface area contributed by atoms with Crippen molar-refractivity contribution in [3.8, 4) is 0 Å². The van der Waals surface area contributed by atoms with Crippen molar-refractivity contribution in [2.45, 2.75) is 58.5 Å². The second kappa shape index (κ2) is 3.50. The maximum atomic E-state index is 6.03. The Bertz CT molecular complexity index is 319. The predicted octanol–water partition coefficient (Wildman–Crippen LogP) is 3.87. The van der Waals surface area contributed by atoms with Crippen LogP contribution in [0.5, 0.6) is 0 Å². The number of hydrogen-bond donors (Lipinski definition) is 0. The van der Waals surface area contributed by atoms with Crippen molar-refractivity contribution in [1.29, 1.82) is 0 Å². The van der Waals surface area contributed by atoms with Gasteiger partial charge in [0.1, 0.15) is 0 Å². The van der Waals surface area contributed by atoms with Gasteiger partial charge in [-0.2, -0.15) is 0 Å². The standard InChI is InChI=1S/C16H26O/c1-10(2)17-9-16-6-11-3-4-13-12(7-16)5-14(13)15(11)8-16/h10-15H,3-9H2,1-2H3. The van der Waals surface area contributed by atoms with E-state index in [-0.39, 0.29) is 0 Å². The van der Waals surface area contributed by atoms with Crippen molar-refractivity contribution in [2.75, 3.05) is 6.61 Å². The molecule has 5 saturated carbocycles. The predicted molar refractivity (Wildman–Crippen MR) is 68.7 cm³/mol. The lowest BCUT2D eigenvalue weighted by Gasteiger charge is -2.54. The fourth-order valence-electron chi connectivity index (χ4n) is 5.95. The van der Waals surface area contributed by atoms with Crippen molar-refractivity contribution in [3.05, 3.63) is 0 Å². The zero-order valence-corrected chi connectivity index (χ0v) is 11.3. The summed E-state index contributed by atoms with van der Waals surface area (Å²) in [6.45, 7) is 5.44. The fourth-order valence-corrected chi connectivity index (χ4v) is 5.95. The van der Waals surface area contributed by atoms with Gasteiger partial charge in [0.25, 0.3) is 0 Å². The fraction of sp³-hybridized carbons (Fsp3) is 1.00. The first kappa shape index (κ1) is 10.8. The van der Waals surface area contributed by atoms with Crippen molar-refractivity contribution >= 4 is 0 Å². The summed E-state index contributed by atoms with van der Waals surface area (Å²) in [6.07, 6.45) is 9.64. The van der Waals surface area contributed by atoms with Gasteiger partial charge in [-0.1, -0.05) is 0 Å². The summed E-state index contributed by atoms with van der Waals surface area (Å²) in [6, 6.07) is 0. The van der Waals surface area contributed by atoms with Crippen molar-refractivity contribution < 1.29 is 4.74 Å². The van der Waals surface area contributed by atoms with Crippen LogP contribution in [0.1, 0.15) is 52.4 Å². The summed E-state index contributed by atoms with van der Waals surface area (Å²) >= 11 is 0. The molecule has 5 rings (SSSR count). The van der Waals surface area contributed by atoms with Gasteiger partial charge in [-0.05, 0) is 87.4 Å². The molecule has 1 nitrogen and oxygen atoms in total. The monoisotopic (exact) mass is 234 g/mol. The molecule has 6 unspecified atom stereocenters. The third-order valence-corrected chi connectivity index (χ3v) is 6.54. The summed E-state index contributed by atoms with van der Waals surface area (Å²) in [5, 5.41) is 0. The Morgan fingerprint density at radius 1 is 1.00 bits per heavy atom. The van der Waals surface area contributed by atoms with Crippen LogP contribution in [0.15, 0.2) is 0 Å². The van der Waals surface area contributed by atoms with Crippen LogP contribution in [0.25, 0.3) is 0 Å². The Balaban J connectivity index is 1.58. The molecule has 0 amide bonds. The third kappa shape index (κ3) is 1.47. The van der Waals surface area contributed by atoms with Crippen LogP contribution in [-0.4, -0.2) is 12.7 Å². The number of hydrogen-bond acceptors (Lipinski definition) is 1. The smallest absolute Gasteiger partial charge is 0.0526 e. The number of rotatable bonds is 3. The first-order chi connectivity index (χ1) is 8.17. The van der Waals surface area contributed by atoms with Crippen LogP contribution in [0.3, 0.4) is 0 Å². The van der Waals surface area contributed by atoms with E-state index < -0.39 is 0 Å². The molecule has 0 aromatic heterocycles. The second-order valence-corrected chi connectivity index (χ2v) is 7.80. The zero-order chi connectivity index (χ0) is 11.6. The molecule has 5 aliphatic rings. The summed E-state index contributed by atoms with van der Waals surface area (Å²) in [7, 11) is 0. The highest BCUT2D eigenvalue weighted by molar-refractivity contribution is 5.10. The second-order valence-electron chi connectivity index (χ2n) is 7.80. The molecule has 5 fully saturated rings. The third-order valence-electron chi connectivity index (χ3n) is 6.54. The highest BCUT2D eigenvalue weighted by atomic mass is 16.5. The molecule has 0 spiro atoms.